The lowest BCUT2D eigenvalue weighted by molar-refractivity contribution is 1.16. The van der Waals surface area contributed by atoms with Crippen LogP contribution < -0.4 is 20.7 Å². The summed E-state index contributed by atoms with van der Waals surface area (Å²) in [6.45, 7) is 0. The SMILES string of the molecule is N#Cc1ccc2c(c1)c1ccccc1n2-c1c(C#N)ccc(-c2ccccc2[Si](c2ccccc2)(c2ccccc2)c2ccccc2)c1C#N. The molecular formula is C45H28N4Si. The van der Waals surface area contributed by atoms with Gasteiger partial charge in [0.05, 0.1) is 39.5 Å². The highest BCUT2D eigenvalue weighted by atomic mass is 28.3. The number of fused-ring (bicyclic) bond motifs is 3. The number of hydrogen-bond acceptors (Lipinski definition) is 3. The Bertz CT molecular complexity index is 2580. The van der Waals surface area contributed by atoms with Crippen LogP contribution in [0.15, 0.2) is 170 Å². The largest absolute Gasteiger partial charge is 0.307 e. The Hall–Kier alpha value is -6.97. The van der Waals surface area contributed by atoms with E-state index in [4.69, 9.17) is 0 Å². The molecule has 0 N–H and O–H groups in total. The first-order chi connectivity index (χ1) is 24.7. The maximum absolute atomic E-state index is 11.1. The van der Waals surface area contributed by atoms with Crippen molar-refractivity contribution in [3.63, 3.8) is 0 Å². The van der Waals surface area contributed by atoms with Crippen molar-refractivity contribution in [3.8, 4) is 35.0 Å². The first-order valence-corrected chi connectivity index (χ1v) is 18.4. The highest BCUT2D eigenvalue weighted by Gasteiger charge is 2.43. The van der Waals surface area contributed by atoms with E-state index in [0.29, 0.717) is 22.4 Å². The number of hydrogen-bond donors (Lipinski definition) is 0. The normalized spacial score (nSPS) is 11.1. The summed E-state index contributed by atoms with van der Waals surface area (Å²) < 4.78 is 2.02. The third-order valence-electron chi connectivity index (χ3n) is 9.68. The lowest BCUT2D eigenvalue weighted by Gasteiger charge is -2.36. The van der Waals surface area contributed by atoms with E-state index in [1.807, 2.05) is 59.2 Å². The van der Waals surface area contributed by atoms with Gasteiger partial charge in [-0.3, -0.25) is 0 Å². The molecule has 0 aliphatic carbocycles. The smallest absolute Gasteiger partial charge is 0.180 e. The lowest BCUT2D eigenvalue weighted by atomic mass is 9.95. The molecule has 0 aliphatic heterocycles. The Balaban J connectivity index is 1.50. The predicted molar refractivity (Wildman–Crippen MR) is 204 cm³/mol. The molecule has 0 radical (unpaired) electrons. The summed E-state index contributed by atoms with van der Waals surface area (Å²) in [6, 6.07) is 65.1. The molecule has 5 heteroatoms. The van der Waals surface area contributed by atoms with Crippen LogP contribution in [0.1, 0.15) is 16.7 Å². The zero-order valence-electron chi connectivity index (χ0n) is 27.0. The summed E-state index contributed by atoms with van der Waals surface area (Å²) >= 11 is 0. The fraction of sp³-hybridized carbons (Fsp3) is 0. The van der Waals surface area contributed by atoms with Crippen molar-refractivity contribution in [2.24, 2.45) is 0 Å². The van der Waals surface area contributed by atoms with Crippen molar-refractivity contribution < 1.29 is 0 Å². The summed E-state index contributed by atoms with van der Waals surface area (Å²) in [5.41, 5.74) is 5.29. The summed E-state index contributed by atoms with van der Waals surface area (Å²) in [4.78, 5) is 0. The maximum Gasteiger partial charge on any atom is 0.180 e. The molecule has 0 fully saturated rings. The molecule has 232 valence electrons. The molecule has 1 heterocycles. The second-order valence-electron chi connectivity index (χ2n) is 12.2. The molecule has 0 amide bonds. The molecular weight excluding hydrogens is 625 g/mol. The Labute approximate surface area is 291 Å². The van der Waals surface area contributed by atoms with Crippen molar-refractivity contribution in [3.05, 3.63) is 187 Å². The van der Waals surface area contributed by atoms with E-state index >= 15 is 0 Å². The summed E-state index contributed by atoms with van der Waals surface area (Å²) in [6.07, 6.45) is 0. The van der Waals surface area contributed by atoms with E-state index in [1.54, 1.807) is 6.07 Å². The molecule has 50 heavy (non-hydrogen) atoms. The average molecular weight is 653 g/mol. The minimum Gasteiger partial charge on any atom is -0.307 e. The molecule has 0 bridgehead atoms. The number of nitriles is 3. The fourth-order valence-electron chi connectivity index (χ4n) is 7.61. The van der Waals surface area contributed by atoms with Crippen LogP contribution in [0, 0.1) is 34.0 Å². The van der Waals surface area contributed by atoms with E-state index in [0.717, 1.165) is 38.1 Å². The molecule has 1 aromatic heterocycles. The number of rotatable bonds is 6. The molecule has 0 aliphatic rings. The van der Waals surface area contributed by atoms with E-state index in [9.17, 15) is 15.8 Å². The Morgan fingerprint density at radius 3 is 1.60 bits per heavy atom. The van der Waals surface area contributed by atoms with Crippen molar-refractivity contribution in [2.45, 2.75) is 0 Å². The second kappa shape index (κ2) is 12.6. The third-order valence-corrected chi connectivity index (χ3v) is 14.5. The zero-order chi connectivity index (χ0) is 34.1. The number of benzene rings is 7. The fourth-order valence-corrected chi connectivity index (χ4v) is 12.6. The van der Waals surface area contributed by atoms with Crippen LogP contribution in [0.4, 0.5) is 0 Å². The van der Waals surface area contributed by atoms with Gasteiger partial charge in [0.15, 0.2) is 8.07 Å². The maximum atomic E-state index is 11.1. The van der Waals surface area contributed by atoms with Crippen LogP contribution in [0.25, 0.3) is 38.6 Å². The molecule has 0 saturated carbocycles. The van der Waals surface area contributed by atoms with E-state index in [1.165, 1.54) is 15.6 Å². The van der Waals surface area contributed by atoms with Crippen molar-refractivity contribution in [1.29, 1.82) is 15.8 Å². The minimum atomic E-state index is -2.98. The predicted octanol–water partition coefficient (Wildman–Crippen LogP) is 7.44. The molecule has 8 rings (SSSR count). The van der Waals surface area contributed by atoms with Gasteiger partial charge in [-0.15, -0.1) is 0 Å². The van der Waals surface area contributed by atoms with Crippen LogP contribution in [0.3, 0.4) is 0 Å². The molecule has 4 nitrogen and oxygen atoms in total. The first kappa shape index (κ1) is 30.4. The van der Waals surface area contributed by atoms with Crippen LogP contribution in [-0.2, 0) is 0 Å². The average Bonchev–Trinajstić information content (AvgIpc) is 3.52. The van der Waals surface area contributed by atoms with E-state index in [-0.39, 0.29) is 0 Å². The van der Waals surface area contributed by atoms with Crippen LogP contribution in [-0.4, -0.2) is 12.6 Å². The van der Waals surface area contributed by atoms with Gasteiger partial charge in [-0.05, 0) is 56.6 Å². The van der Waals surface area contributed by atoms with Gasteiger partial charge in [-0.25, -0.2) is 0 Å². The van der Waals surface area contributed by atoms with E-state index < -0.39 is 8.07 Å². The molecule has 7 aromatic carbocycles. The van der Waals surface area contributed by atoms with Gasteiger partial charge in [0.1, 0.15) is 12.1 Å². The van der Waals surface area contributed by atoms with Crippen LogP contribution in [0.5, 0.6) is 0 Å². The summed E-state index contributed by atoms with van der Waals surface area (Å²) in [5, 5.41) is 38.1. The number of para-hydroxylation sites is 1. The highest BCUT2D eigenvalue weighted by Crippen LogP contribution is 2.38. The number of aromatic nitrogens is 1. The van der Waals surface area contributed by atoms with Crippen molar-refractivity contribution in [2.75, 3.05) is 0 Å². The van der Waals surface area contributed by atoms with Crippen molar-refractivity contribution in [1.82, 2.24) is 4.57 Å². The summed E-state index contributed by atoms with van der Waals surface area (Å²) in [5.74, 6) is 0. The topological polar surface area (TPSA) is 76.3 Å². The lowest BCUT2D eigenvalue weighted by Crippen LogP contribution is -2.75. The van der Waals surface area contributed by atoms with Gasteiger partial charge in [0, 0.05) is 16.3 Å². The van der Waals surface area contributed by atoms with Gasteiger partial charge in [0.25, 0.3) is 0 Å². The quantitative estimate of drug-likeness (QED) is 0.138. The molecule has 0 atom stereocenters. The molecule has 0 spiro atoms. The molecule has 8 aromatic rings. The van der Waals surface area contributed by atoms with Gasteiger partial charge < -0.3 is 4.57 Å². The van der Waals surface area contributed by atoms with Gasteiger partial charge in [0.2, 0.25) is 0 Å². The Kier molecular flexibility index (Phi) is 7.63. The second-order valence-corrected chi connectivity index (χ2v) is 16.0. The van der Waals surface area contributed by atoms with Crippen molar-refractivity contribution >= 4 is 50.6 Å². The van der Waals surface area contributed by atoms with Gasteiger partial charge >= 0.3 is 0 Å². The Morgan fingerprint density at radius 1 is 0.440 bits per heavy atom. The highest BCUT2D eigenvalue weighted by molar-refractivity contribution is 7.20. The number of nitrogens with zero attached hydrogens (tertiary/aromatic N) is 4. The van der Waals surface area contributed by atoms with E-state index in [2.05, 4.69) is 127 Å². The third kappa shape index (κ3) is 4.64. The molecule has 0 saturated heterocycles. The monoisotopic (exact) mass is 652 g/mol. The standard InChI is InChI=1S/C45H28N4Si/c46-29-32-24-27-43-40(28-32)38-20-10-12-22-42(38)49(43)45-33(30-47)25-26-37(41(45)31-48)39-21-11-13-23-44(39)50(34-14-4-1-5-15-34,35-16-6-2-7-17-35)36-18-8-3-9-19-36/h1-28H. The minimum absolute atomic E-state index is 0.396. The van der Waals surface area contributed by atoms with Crippen LogP contribution >= 0.6 is 0 Å². The van der Waals surface area contributed by atoms with Crippen LogP contribution in [0.2, 0.25) is 0 Å². The first-order valence-electron chi connectivity index (χ1n) is 16.4. The van der Waals surface area contributed by atoms with Gasteiger partial charge in [-0.2, -0.15) is 15.8 Å². The molecule has 0 unspecified atom stereocenters. The van der Waals surface area contributed by atoms with Gasteiger partial charge in [-0.1, -0.05) is 140 Å². The summed E-state index contributed by atoms with van der Waals surface area (Å²) in [7, 11) is -2.98. The Morgan fingerprint density at radius 2 is 1.00 bits per heavy atom. The zero-order valence-corrected chi connectivity index (χ0v) is 28.0.